The van der Waals surface area contributed by atoms with Crippen LogP contribution >= 0.6 is 0 Å². The molecule has 1 N–H and O–H groups in total. The SMILES string of the molecule is CCCCCCCCCCCOC(=O)CCc1ccc(O)c(C(C)(C)CCCC)c1. The first-order chi connectivity index (χ1) is 14.4. The Kier molecular flexibility index (Phi) is 13.5. The fraction of sp³-hybridized carbons (Fsp3) is 0.741. The summed E-state index contributed by atoms with van der Waals surface area (Å²) in [6, 6.07) is 5.76. The van der Waals surface area contributed by atoms with Crippen LogP contribution in [0.25, 0.3) is 0 Å². The maximum atomic E-state index is 12.1. The van der Waals surface area contributed by atoms with E-state index in [1.807, 2.05) is 6.07 Å². The van der Waals surface area contributed by atoms with Crippen LogP contribution in [0.4, 0.5) is 0 Å². The molecule has 1 rings (SSSR count). The van der Waals surface area contributed by atoms with E-state index in [0.29, 0.717) is 25.2 Å². The number of rotatable bonds is 17. The molecule has 0 spiro atoms. The highest BCUT2D eigenvalue weighted by atomic mass is 16.5. The molecule has 0 heterocycles. The van der Waals surface area contributed by atoms with E-state index in [1.54, 1.807) is 6.07 Å². The number of ether oxygens (including phenoxy) is 1. The van der Waals surface area contributed by atoms with Gasteiger partial charge in [0.1, 0.15) is 5.75 Å². The Morgan fingerprint density at radius 3 is 2.13 bits per heavy atom. The summed E-state index contributed by atoms with van der Waals surface area (Å²) in [6.07, 6.45) is 15.8. The largest absolute Gasteiger partial charge is 0.508 e. The predicted octanol–water partition coefficient (Wildman–Crippen LogP) is 7.87. The van der Waals surface area contributed by atoms with E-state index in [4.69, 9.17) is 4.74 Å². The molecule has 0 unspecified atom stereocenters. The molecule has 1 aromatic rings. The van der Waals surface area contributed by atoms with Gasteiger partial charge in [-0.25, -0.2) is 0 Å². The van der Waals surface area contributed by atoms with Gasteiger partial charge in [0.25, 0.3) is 0 Å². The number of phenolic OH excluding ortho intramolecular Hbond substituents is 1. The number of unbranched alkanes of at least 4 members (excludes halogenated alkanes) is 9. The van der Waals surface area contributed by atoms with E-state index >= 15 is 0 Å². The molecule has 0 amide bonds. The Hall–Kier alpha value is -1.51. The van der Waals surface area contributed by atoms with Crippen molar-refractivity contribution in [3.05, 3.63) is 29.3 Å². The van der Waals surface area contributed by atoms with Crippen LogP contribution in [0.5, 0.6) is 5.75 Å². The summed E-state index contributed by atoms with van der Waals surface area (Å²) in [5, 5.41) is 10.3. The van der Waals surface area contributed by atoms with Crippen LogP contribution < -0.4 is 0 Å². The molecule has 0 aliphatic heterocycles. The molecule has 0 aliphatic rings. The lowest BCUT2D eigenvalue weighted by molar-refractivity contribution is -0.143. The van der Waals surface area contributed by atoms with Gasteiger partial charge in [0.15, 0.2) is 0 Å². The number of carbonyl (C=O) groups excluding carboxylic acids is 1. The van der Waals surface area contributed by atoms with E-state index in [2.05, 4.69) is 33.8 Å². The van der Waals surface area contributed by atoms with Crippen LogP contribution in [-0.4, -0.2) is 17.7 Å². The van der Waals surface area contributed by atoms with Crippen molar-refractivity contribution >= 4 is 5.97 Å². The molecule has 0 aliphatic carbocycles. The van der Waals surface area contributed by atoms with Gasteiger partial charge in [-0.1, -0.05) is 104 Å². The summed E-state index contributed by atoms with van der Waals surface area (Å²) in [7, 11) is 0. The summed E-state index contributed by atoms with van der Waals surface area (Å²) in [6.45, 7) is 9.34. The monoisotopic (exact) mass is 418 g/mol. The van der Waals surface area contributed by atoms with Crippen molar-refractivity contribution in [2.45, 2.75) is 123 Å². The van der Waals surface area contributed by atoms with Gasteiger partial charge in [-0.2, -0.15) is 0 Å². The predicted molar refractivity (Wildman–Crippen MR) is 127 cm³/mol. The molecule has 0 atom stereocenters. The van der Waals surface area contributed by atoms with Crippen LogP contribution in [0.2, 0.25) is 0 Å². The number of aryl methyl sites for hydroxylation is 1. The first-order valence-electron chi connectivity index (χ1n) is 12.4. The average molecular weight is 419 g/mol. The Balaban J connectivity index is 2.26. The van der Waals surface area contributed by atoms with Gasteiger partial charge < -0.3 is 9.84 Å². The van der Waals surface area contributed by atoms with E-state index in [0.717, 1.165) is 43.2 Å². The molecule has 0 radical (unpaired) electrons. The highest BCUT2D eigenvalue weighted by Gasteiger charge is 2.23. The van der Waals surface area contributed by atoms with Crippen molar-refractivity contribution in [1.29, 1.82) is 0 Å². The summed E-state index contributed by atoms with van der Waals surface area (Å²) < 4.78 is 5.41. The fourth-order valence-corrected chi connectivity index (χ4v) is 3.95. The molecule has 0 fully saturated rings. The second-order valence-corrected chi connectivity index (χ2v) is 9.39. The summed E-state index contributed by atoms with van der Waals surface area (Å²) in [5.41, 5.74) is 2.01. The smallest absolute Gasteiger partial charge is 0.306 e. The van der Waals surface area contributed by atoms with Crippen LogP contribution in [0.3, 0.4) is 0 Å². The average Bonchev–Trinajstić information content (AvgIpc) is 2.73. The van der Waals surface area contributed by atoms with Gasteiger partial charge >= 0.3 is 5.97 Å². The van der Waals surface area contributed by atoms with Gasteiger partial charge in [0.2, 0.25) is 0 Å². The van der Waals surface area contributed by atoms with Gasteiger partial charge in [-0.05, 0) is 41.9 Å². The van der Waals surface area contributed by atoms with Gasteiger partial charge in [0.05, 0.1) is 6.61 Å². The molecular formula is C27H46O3. The zero-order chi connectivity index (χ0) is 22.2. The van der Waals surface area contributed by atoms with Crippen molar-refractivity contribution in [2.75, 3.05) is 6.61 Å². The quantitative estimate of drug-likeness (QED) is 0.207. The van der Waals surface area contributed by atoms with Crippen molar-refractivity contribution in [3.63, 3.8) is 0 Å². The molecule has 172 valence electrons. The number of hydrogen-bond donors (Lipinski definition) is 1. The molecule has 3 heteroatoms. The van der Waals surface area contributed by atoms with Gasteiger partial charge in [-0.3, -0.25) is 4.79 Å². The minimum atomic E-state index is -0.116. The molecule has 0 saturated heterocycles. The lowest BCUT2D eigenvalue weighted by atomic mass is 9.79. The zero-order valence-corrected chi connectivity index (χ0v) is 20.1. The van der Waals surface area contributed by atoms with E-state index in [-0.39, 0.29) is 11.4 Å². The standard InChI is InChI=1S/C27H46O3/c1-5-7-9-10-11-12-13-14-15-21-30-26(29)19-17-23-16-18-25(28)24(22-23)27(3,4)20-8-6-2/h16,18,22,28H,5-15,17,19-21H2,1-4H3. The van der Waals surface area contributed by atoms with Crippen molar-refractivity contribution in [1.82, 2.24) is 0 Å². The fourth-order valence-electron chi connectivity index (χ4n) is 3.95. The topological polar surface area (TPSA) is 46.5 Å². The Morgan fingerprint density at radius 2 is 1.50 bits per heavy atom. The second-order valence-electron chi connectivity index (χ2n) is 9.39. The molecule has 0 bridgehead atoms. The Morgan fingerprint density at radius 1 is 0.900 bits per heavy atom. The first kappa shape index (κ1) is 26.5. The van der Waals surface area contributed by atoms with Crippen LogP contribution in [0, 0.1) is 0 Å². The zero-order valence-electron chi connectivity index (χ0n) is 20.1. The summed E-state index contributed by atoms with van der Waals surface area (Å²) >= 11 is 0. The number of carbonyl (C=O) groups is 1. The van der Waals surface area contributed by atoms with Crippen LogP contribution in [0.1, 0.15) is 122 Å². The summed E-state index contributed by atoms with van der Waals surface area (Å²) in [5.74, 6) is 0.238. The summed E-state index contributed by atoms with van der Waals surface area (Å²) in [4.78, 5) is 12.1. The van der Waals surface area contributed by atoms with Crippen LogP contribution in [-0.2, 0) is 21.4 Å². The lowest BCUT2D eigenvalue weighted by Gasteiger charge is -2.26. The second kappa shape index (κ2) is 15.3. The molecule has 0 saturated carbocycles. The minimum Gasteiger partial charge on any atom is -0.508 e. The van der Waals surface area contributed by atoms with Gasteiger partial charge in [-0.15, -0.1) is 0 Å². The third-order valence-electron chi connectivity index (χ3n) is 6.07. The number of hydrogen-bond acceptors (Lipinski definition) is 3. The van der Waals surface area contributed by atoms with Gasteiger partial charge in [0, 0.05) is 6.42 Å². The third kappa shape index (κ3) is 11.0. The number of esters is 1. The maximum Gasteiger partial charge on any atom is 0.306 e. The lowest BCUT2D eigenvalue weighted by Crippen LogP contribution is -2.17. The number of aromatic hydroxyl groups is 1. The third-order valence-corrected chi connectivity index (χ3v) is 6.07. The molecule has 3 nitrogen and oxygen atoms in total. The Bertz CT molecular complexity index is 592. The van der Waals surface area contributed by atoms with Crippen molar-refractivity contribution in [2.24, 2.45) is 0 Å². The van der Waals surface area contributed by atoms with Crippen molar-refractivity contribution in [3.8, 4) is 5.75 Å². The molecule has 1 aromatic carbocycles. The maximum absolute atomic E-state index is 12.1. The highest BCUT2D eigenvalue weighted by molar-refractivity contribution is 5.69. The van der Waals surface area contributed by atoms with E-state index in [1.165, 1.54) is 44.9 Å². The molecular weight excluding hydrogens is 372 g/mol. The first-order valence-corrected chi connectivity index (χ1v) is 12.4. The normalized spacial score (nSPS) is 11.6. The number of phenols is 1. The van der Waals surface area contributed by atoms with Crippen LogP contribution in [0.15, 0.2) is 18.2 Å². The molecule has 0 aromatic heterocycles. The number of benzene rings is 1. The molecule has 30 heavy (non-hydrogen) atoms. The van der Waals surface area contributed by atoms with E-state index in [9.17, 15) is 9.90 Å². The Labute approximate surface area is 185 Å². The minimum absolute atomic E-state index is 0.0629. The van der Waals surface area contributed by atoms with Crippen molar-refractivity contribution < 1.29 is 14.6 Å². The highest BCUT2D eigenvalue weighted by Crippen LogP contribution is 2.35. The van der Waals surface area contributed by atoms with E-state index < -0.39 is 0 Å².